The average molecular weight is 451 g/mol. The lowest BCUT2D eigenvalue weighted by molar-refractivity contribution is -0.134. The van der Waals surface area contributed by atoms with Gasteiger partial charge in [-0.1, -0.05) is 17.7 Å². The van der Waals surface area contributed by atoms with E-state index in [-0.39, 0.29) is 25.6 Å². The summed E-state index contributed by atoms with van der Waals surface area (Å²) in [5.41, 5.74) is 3.50. The Morgan fingerprint density at radius 3 is 2.03 bits per heavy atom. The molecule has 0 saturated carbocycles. The molecule has 0 radical (unpaired) electrons. The maximum Gasteiger partial charge on any atom is 0.260 e. The Labute approximate surface area is 183 Å². The van der Waals surface area contributed by atoms with Gasteiger partial charge in [0, 0.05) is 31.2 Å². The van der Waals surface area contributed by atoms with Crippen LogP contribution >= 0.6 is 11.6 Å². The molecule has 2 aromatic rings. The molecule has 1 heterocycles. The predicted molar refractivity (Wildman–Crippen MR) is 118 cm³/mol. The summed E-state index contributed by atoms with van der Waals surface area (Å²) in [6.45, 7) is 8.67. The van der Waals surface area contributed by atoms with Gasteiger partial charge >= 0.3 is 0 Å². The number of aryl methyl sites for hydroxylation is 2. The Balaban J connectivity index is 1.65. The van der Waals surface area contributed by atoms with Crippen molar-refractivity contribution >= 4 is 27.5 Å². The third-order valence-corrected chi connectivity index (χ3v) is 8.09. The third kappa shape index (κ3) is 4.63. The van der Waals surface area contributed by atoms with Gasteiger partial charge in [0.25, 0.3) is 5.91 Å². The fraction of sp³-hybridized carbons (Fsp3) is 0.409. The van der Waals surface area contributed by atoms with Crippen LogP contribution < -0.4 is 4.74 Å². The van der Waals surface area contributed by atoms with E-state index in [9.17, 15) is 13.2 Å². The van der Waals surface area contributed by atoms with Crippen LogP contribution in [0.1, 0.15) is 22.3 Å². The number of amides is 1. The Hall–Kier alpha value is -2.09. The van der Waals surface area contributed by atoms with E-state index in [4.69, 9.17) is 16.3 Å². The zero-order valence-electron chi connectivity index (χ0n) is 17.7. The molecule has 0 N–H and O–H groups in total. The lowest BCUT2D eigenvalue weighted by Gasteiger charge is -2.34. The lowest BCUT2D eigenvalue weighted by atomic mass is 10.0. The zero-order valence-corrected chi connectivity index (χ0v) is 19.3. The number of hydrogen-bond donors (Lipinski definition) is 0. The van der Waals surface area contributed by atoms with Gasteiger partial charge in [0.05, 0.1) is 4.90 Å². The molecule has 0 atom stereocenters. The molecule has 1 aliphatic heterocycles. The average Bonchev–Trinajstić information content (AvgIpc) is 2.72. The molecule has 0 spiro atoms. The number of hydrogen-bond acceptors (Lipinski definition) is 4. The van der Waals surface area contributed by atoms with E-state index >= 15 is 0 Å². The molecule has 1 saturated heterocycles. The molecule has 1 aliphatic rings. The summed E-state index contributed by atoms with van der Waals surface area (Å²) in [5, 5.41) is 0.597. The van der Waals surface area contributed by atoms with E-state index in [1.54, 1.807) is 29.2 Å². The standard InChI is InChI=1S/C22H27ClN2O4S/c1-15-13-16(2)18(4)22(17(15)3)30(27,28)25-11-9-24(10-12-25)21(26)14-29-20-7-5-19(23)6-8-20/h5-8,13H,9-12,14H2,1-4H3. The highest BCUT2D eigenvalue weighted by atomic mass is 35.5. The fourth-order valence-corrected chi connectivity index (χ4v) is 5.77. The van der Waals surface area contributed by atoms with Gasteiger partial charge in [-0.15, -0.1) is 0 Å². The highest BCUT2D eigenvalue weighted by molar-refractivity contribution is 7.89. The molecule has 0 aliphatic carbocycles. The monoisotopic (exact) mass is 450 g/mol. The van der Waals surface area contributed by atoms with E-state index in [2.05, 4.69) is 0 Å². The first-order valence-electron chi connectivity index (χ1n) is 9.85. The molecule has 8 heteroatoms. The molecular formula is C22H27ClN2O4S. The topological polar surface area (TPSA) is 66.9 Å². The maximum atomic E-state index is 13.3. The Bertz CT molecular complexity index is 1020. The van der Waals surface area contributed by atoms with E-state index < -0.39 is 10.0 Å². The Morgan fingerprint density at radius 1 is 0.967 bits per heavy atom. The molecule has 2 aromatic carbocycles. The zero-order chi connectivity index (χ0) is 22.1. The summed E-state index contributed by atoms with van der Waals surface area (Å²) in [6, 6.07) is 8.81. The van der Waals surface area contributed by atoms with Gasteiger partial charge in [-0.25, -0.2) is 8.42 Å². The van der Waals surface area contributed by atoms with Gasteiger partial charge < -0.3 is 9.64 Å². The quantitative estimate of drug-likeness (QED) is 0.699. The molecule has 1 fully saturated rings. The fourth-order valence-electron chi connectivity index (χ4n) is 3.64. The van der Waals surface area contributed by atoms with Crippen molar-refractivity contribution in [1.82, 2.24) is 9.21 Å². The second kappa shape index (κ2) is 8.96. The molecule has 3 rings (SSSR count). The SMILES string of the molecule is Cc1cc(C)c(C)c(S(=O)(=O)N2CCN(C(=O)COc3ccc(Cl)cc3)CC2)c1C. The van der Waals surface area contributed by atoms with Crippen LogP contribution in [0.15, 0.2) is 35.2 Å². The number of piperazine rings is 1. The summed E-state index contributed by atoms with van der Waals surface area (Å²) >= 11 is 5.84. The van der Waals surface area contributed by atoms with Crippen molar-refractivity contribution in [2.75, 3.05) is 32.8 Å². The highest BCUT2D eigenvalue weighted by Crippen LogP contribution is 2.29. The van der Waals surface area contributed by atoms with E-state index in [1.807, 2.05) is 33.8 Å². The highest BCUT2D eigenvalue weighted by Gasteiger charge is 2.32. The van der Waals surface area contributed by atoms with Gasteiger partial charge in [0.1, 0.15) is 5.75 Å². The second-order valence-electron chi connectivity index (χ2n) is 7.62. The second-order valence-corrected chi connectivity index (χ2v) is 9.93. The number of carbonyl (C=O) groups excluding carboxylic acids is 1. The first-order chi connectivity index (χ1) is 14.1. The summed E-state index contributed by atoms with van der Waals surface area (Å²) < 4.78 is 33.7. The normalized spacial score (nSPS) is 15.3. The largest absolute Gasteiger partial charge is 0.484 e. The minimum atomic E-state index is -3.63. The van der Waals surface area contributed by atoms with Crippen LogP contribution in [0.5, 0.6) is 5.75 Å². The molecule has 1 amide bonds. The van der Waals surface area contributed by atoms with Crippen LogP contribution in [0.4, 0.5) is 0 Å². The molecule has 30 heavy (non-hydrogen) atoms. The van der Waals surface area contributed by atoms with Crippen molar-refractivity contribution in [3.8, 4) is 5.75 Å². The van der Waals surface area contributed by atoms with Gasteiger partial charge in [-0.05, 0) is 74.2 Å². The molecule has 0 aromatic heterocycles. The number of benzene rings is 2. The van der Waals surface area contributed by atoms with Crippen LogP contribution in [-0.2, 0) is 14.8 Å². The van der Waals surface area contributed by atoms with Crippen LogP contribution in [-0.4, -0.2) is 56.3 Å². The van der Waals surface area contributed by atoms with Crippen molar-refractivity contribution in [3.63, 3.8) is 0 Å². The van der Waals surface area contributed by atoms with Crippen molar-refractivity contribution in [1.29, 1.82) is 0 Å². The molecule has 0 unspecified atom stereocenters. The maximum absolute atomic E-state index is 13.3. The summed E-state index contributed by atoms with van der Waals surface area (Å²) in [4.78, 5) is 14.5. The smallest absolute Gasteiger partial charge is 0.260 e. The summed E-state index contributed by atoms with van der Waals surface area (Å²) in [5.74, 6) is 0.399. The van der Waals surface area contributed by atoms with Gasteiger partial charge in [0.15, 0.2) is 6.61 Å². The molecule has 162 valence electrons. The first-order valence-corrected chi connectivity index (χ1v) is 11.7. The van der Waals surface area contributed by atoms with Gasteiger partial charge in [-0.2, -0.15) is 4.31 Å². The number of sulfonamides is 1. The third-order valence-electron chi connectivity index (χ3n) is 5.66. The minimum absolute atomic E-state index is 0.0936. The van der Waals surface area contributed by atoms with Crippen LogP contribution in [0.2, 0.25) is 5.02 Å². The van der Waals surface area contributed by atoms with E-state index in [1.165, 1.54) is 4.31 Å². The van der Waals surface area contributed by atoms with Crippen LogP contribution in [0.3, 0.4) is 0 Å². The van der Waals surface area contributed by atoms with Crippen molar-refractivity contribution in [3.05, 3.63) is 57.6 Å². The molecule has 0 bridgehead atoms. The Morgan fingerprint density at radius 2 is 1.50 bits per heavy atom. The minimum Gasteiger partial charge on any atom is -0.484 e. The predicted octanol–water partition coefficient (Wildman–Crippen LogP) is 3.49. The number of nitrogens with zero attached hydrogens (tertiary/aromatic N) is 2. The van der Waals surface area contributed by atoms with Gasteiger partial charge in [-0.3, -0.25) is 4.79 Å². The number of ether oxygens (including phenoxy) is 1. The lowest BCUT2D eigenvalue weighted by Crippen LogP contribution is -2.51. The number of carbonyl (C=O) groups is 1. The van der Waals surface area contributed by atoms with Crippen molar-refractivity contribution < 1.29 is 17.9 Å². The van der Waals surface area contributed by atoms with Crippen LogP contribution in [0.25, 0.3) is 0 Å². The summed E-state index contributed by atoms with van der Waals surface area (Å²) in [6.07, 6.45) is 0. The number of rotatable bonds is 5. The first kappa shape index (κ1) is 22.6. The number of halogens is 1. The Kier molecular flexibility index (Phi) is 6.75. The van der Waals surface area contributed by atoms with Gasteiger partial charge in [0.2, 0.25) is 10.0 Å². The molecular weight excluding hydrogens is 424 g/mol. The van der Waals surface area contributed by atoms with E-state index in [0.717, 1.165) is 22.3 Å². The molecule has 6 nitrogen and oxygen atoms in total. The summed E-state index contributed by atoms with van der Waals surface area (Å²) in [7, 11) is -3.63. The van der Waals surface area contributed by atoms with E-state index in [0.29, 0.717) is 28.8 Å². The van der Waals surface area contributed by atoms with Crippen LogP contribution in [0, 0.1) is 27.7 Å². The van der Waals surface area contributed by atoms with Crippen molar-refractivity contribution in [2.24, 2.45) is 0 Å². The van der Waals surface area contributed by atoms with Crippen molar-refractivity contribution in [2.45, 2.75) is 32.6 Å².